The average Bonchev–Trinajstić information content (AvgIpc) is 1.05. The number of fused-ring (bicyclic) bond motifs is 24. The molecule has 19 heteroatoms. The van der Waals surface area contributed by atoms with Crippen LogP contribution in [0.25, 0.3) is 22.3 Å². The zero-order valence-corrected chi connectivity index (χ0v) is 69.2. The van der Waals surface area contributed by atoms with Gasteiger partial charge in [-0.3, -0.25) is 19.6 Å². The maximum atomic E-state index is 14.0. The molecule has 8 heterocycles. The Hall–Kier alpha value is -10.1. The number of likely N-dealkylation sites (N-methyl/N-ethyl adjacent to an activating group) is 2. The first-order valence-electron chi connectivity index (χ1n) is 39.9. The van der Waals surface area contributed by atoms with Gasteiger partial charge in [0.1, 0.15) is 43.4 Å². The van der Waals surface area contributed by atoms with E-state index in [4.69, 9.17) is 38.3 Å². The number of benzene rings is 8. The van der Waals surface area contributed by atoms with Crippen molar-refractivity contribution in [2.75, 3.05) is 65.6 Å². The molecule has 2 fully saturated rings. The number of carboxylic acids is 1. The topological polar surface area (TPSA) is 200 Å². The molecule has 592 valence electrons. The quantitative estimate of drug-likeness (QED) is 0.0495. The molecule has 0 spiro atoms. The number of hydrogen-bond donors (Lipinski definition) is 2. The third kappa shape index (κ3) is 13.3. The van der Waals surface area contributed by atoms with Gasteiger partial charge >= 0.3 is 11.9 Å². The summed E-state index contributed by atoms with van der Waals surface area (Å²) in [5.41, 5.74) is 30.3. The van der Waals surface area contributed by atoms with Gasteiger partial charge < -0.3 is 43.4 Å². The van der Waals surface area contributed by atoms with Crippen molar-refractivity contribution in [3.8, 4) is 68.9 Å². The Kier molecular flexibility index (Phi) is 22.1. The van der Waals surface area contributed by atoms with Crippen LogP contribution >= 0.6 is 23.5 Å². The summed E-state index contributed by atoms with van der Waals surface area (Å²) in [7, 11) is 4.34. The molecule has 10 atom stereocenters. The lowest BCUT2D eigenvalue weighted by atomic mass is 9.70. The smallest absolute Gasteiger partial charge is 0.334 e. The number of esters is 1. The van der Waals surface area contributed by atoms with Crippen LogP contribution < -0.4 is 28.4 Å². The lowest BCUT2D eigenvalue weighted by Crippen LogP contribution is -2.68. The van der Waals surface area contributed by atoms with E-state index >= 15 is 0 Å². The Morgan fingerprint density at radius 3 is 1.30 bits per heavy atom. The standard InChI is InChI=1S/C48H49N3O5S.C30H35N3O4.C18H16O2S/c1-8-17-53-45-30(6)46-47(56-25-55-46)43-36(45)20-39-44-42-29(5)28(4)26(2)18-31(42)19-38(50(44)7)40(21-49)51(39)41(43)22-54-48(52)27(3)23-57-24-37-34-15-11-9-13-32(34)33-14-10-12-16-35(33)37;1-7-8-35-28-18(5)29-30(37-14-36-29)26-20(28)11-22-27-25-17(4)16(3)15(2)9-19(25)10-21(32(27)6)23(12-31)33(22)24(26)13-34;1-12(18(19)20)10-21-11-17-15-8-4-2-6-13(15)14-7-3-5-9-16(14)17/h8-16,18,23,37-41,44H,1,17,19-20,22,24-25H2,2-7H3;7,9,21-24,27,34H,1,8,10-11,13-14H2,2-6H3;2-10,17H,11H2,1H3,(H,19,20)/b27-23+;;12-10+/t38-,39?,40-,41-,44-;21-,22?,23-,24-,27-;/m00./s1. The number of carbonyl (C=O) groups excluding carboxylic acids is 1. The summed E-state index contributed by atoms with van der Waals surface area (Å²) >= 11 is 3.21. The average molecular weight is 1580 g/mol. The van der Waals surface area contributed by atoms with Gasteiger partial charge in [0.05, 0.1) is 42.9 Å². The van der Waals surface area contributed by atoms with E-state index in [1.54, 1.807) is 48.0 Å². The molecule has 8 aromatic rings. The maximum absolute atomic E-state index is 14.0. The van der Waals surface area contributed by atoms with Crippen molar-refractivity contribution in [2.24, 2.45) is 0 Å². The third-order valence-corrected chi connectivity index (χ3v) is 28.5. The SMILES string of the molecule is C/C(=C\SCC1c2ccccc2-c2ccccc21)C(=O)O.C=CCOc1c(C)c2c(c3c1CC1[C@H]4c5c(cc(C)c(C)c5C)C[C@@H]([C@H](C#N)N1[C@H]3CO)N4C)OCO2.C=CCOc1c(C)c2c(c3c1CC1[C@H]4c5c(cc(C)c(C)c5C)C[C@@H]([C@H](C#N)N1[C@H]3COC(=O)/C(C)=C/SCC1c3ccccc3-c3ccccc31)N4C)OCO2. The van der Waals surface area contributed by atoms with E-state index in [-0.39, 0.29) is 81.0 Å². The zero-order chi connectivity index (χ0) is 80.7. The normalized spacial score (nSPS) is 22.9. The summed E-state index contributed by atoms with van der Waals surface area (Å²) in [6.07, 6.45) is 6.37. The van der Waals surface area contributed by atoms with Crippen molar-refractivity contribution in [3.05, 3.63) is 268 Å². The second-order valence-electron chi connectivity index (χ2n) is 32.2. The van der Waals surface area contributed by atoms with Gasteiger partial charge in [0, 0.05) is 92.0 Å². The first-order chi connectivity index (χ1) is 55.7. The molecule has 8 aromatic carbocycles. The Balaban J connectivity index is 0.000000146. The van der Waals surface area contributed by atoms with Crippen molar-refractivity contribution in [2.45, 2.75) is 167 Å². The summed E-state index contributed by atoms with van der Waals surface area (Å²) in [5, 5.41) is 45.1. The van der Waals surface area contributed by atoms with Crippen molar-refractivity contribution >= 4 is 35.5 Å². The maximum Gasteiger partial charge on any atom is 0.334 e. The van der Waals surface area contributed by atoms with Crippen LogP contribution in [-0.4, -0.2) is 144 Å². The second-order valence-corrected chi connectivity index (χ2v) is 34.0. The highest BCUT2D eigenvalue weighted by Gasteiger charge is 2.59. The van der Waals surface area contributed by atoms with Gasteiger partial charge in [0.15, 0.2) is 23.0 Å². The lowest BCUT2D eigenvalue weighted by Gasteiger charge is -2.60. The van der Waals surface area contributed by atoms with Crippen molar-refractivity contribution in [3.63, 3.8) is 0 Å². The minimum atomic E-state index is -0.852. The molecule has 0 aromatic heterocycles. The molecule has 2 saturated heterocycles. The van der Waals surface area contributed by atoms with E-state index in [1.807, 2.05) is 26.2 Å². The van der Waals surface area contributed by atoms with Gasteiger partial charge in [-0.1, -0.05) is 135 Å². The highest BCUT2D eigenvalue weighted by Crippen LogP contribution is 2.61. The Morgan fingerprint density at radius 2 is 0.904 bits per heavy atom. The predicted molar refractivity (Wildman–Crippen MR) is 452 cm³/mol. The van der Waals surface area contributed by atoms with Crippen LogP contribution in [0.4, 0.5) is 0 Å². The number of aliphatic hydroxyl groups is 1. The number of ether oxygens (including phenoxy) is 7. The molecular formula is C96H100N6O11S2. The zero-order valence-electron chi connectivity index (χ0n) is 67.6. The van der Waals surface area contributed by atoms with Gasteiger partial charge in [0.2, 0.25) is 13.6 Å². The van der Waals surface area contributed by atoms with Gasteiger partial charge in [-0.05, 0) is 220 Å². The first-order valence-corrected chi connectivity index (χ1v) is 42.0. The summed E-state index contributed by atoms with van der Waals surface area (Å²) in [6.45, 7) is 29.3. The number of aryl methyl sites for hydroxylation is 2. The molecule has 0 amide bonds. The van der Waals surface area contributed by atoms with Crippen LogP contribution in [0.3, 0.4) is 0 Å². The van der Waals surface area contributed by atoms with Crippen molar-refractivity contribution in [1.29, 1.82) is 10.5 Å². The van der Waals surface area contributed by atoms with Crippen LogP contribution in [0.15, 0.2) is 156 Å². The summed E-state index contributed by atoms with van der Waals surface area (Å²) in [4.78, 5) is 34.3. The Labute approximate surface area is 683 Å². The summed E-state index contributed by atoms with van der Waals surface area (Å²) < 4.78 is 43.3. The van der Waals surface area contributed by atoms with E-state index < -0.39 is 24.1 Å². The highest BCUT2D eigenvalue weighted by atomic mass is 32.2. The number of nitrogens with zero attached hydrogens (tertiary/aromatic N) is 6. The third-order valence-electron chi connectivity index (χ3n) is 26.4. The second kappa shape index (κ2) is 32.2. The molecule has 2 N–H and O–H groups in total. The van der Waals surface area contributed by atoms with Crippen LogP contribution in [-0.2, 0) is 40.0 Å². The fourth-order valence-electron chi connectivity index (χ4n) is 20.7. The van der Waals surface area contributed by atoms with Crippen LogP contribution in [0, 0.1) is 78.1 Å². The molecule has 0 saturated carbocycles. The number of nitriles is 2. The molecule has 8 aliphatic heterocycles. The van der Waals surface area contributed by atoms with Crippen molar-refractivity contribution in [1.82, 2.24) is 19.6 Å². The van der Waals surface area contributed by atoms with Gasteiger partial charge in [-0.15, -0.1) is 23.5 Å². The molecule has 17 nitrogen and oxygen atoms in total. The lowest BCUT2D eigenvalue weighted by molar-refractivity contribution is -0.144. The van der Waals surface area contributed by atoms with Crippen LogP contribution in [0.5, 0.6) is 34.5 Å². The predicted octanol–water partition coefficient (Wildman–Crippen LogP) is 17.5. The monoisotopic (exact) mass is 1580 g/mol. The Morgan fingerprint density at radius 1 is 0.522 bits per heavy atom. The molecule has 4 bridgehead atoms. The molecule has 18 rings (SSSR count). The Bertz CT molecular complexity index is 5350. The minimum Gasteiger partial charge on any atom is -0.489 e. The summed E-state index contributed by atoms with van der Waals surface area (Å²) in [5.74, 6) is 5.18. The molecule has 2 unspecified atom stereocenters. The number of thioether (sulfide) groups is 2. The number of aliphatic hydroxyl groups excluding tert-OH is 1. The van der Waals surface area contributed by atoms with E-state index in [0.29, 0.717) is 66.1 Å². The first kappa shape index (κ1) is 78.8. The number of carboxylic acid groups (broad SMARTS) is 1. The number of hydrogen-bond acceptors (Lipinski definition) is 18. The van der Waals surface area contributed by atoms with Gasteiger partial charge in [-0.2, -0.15) is 10.5 Å². The molecule has 0 radical (unpaired) electrons. The molecule has 115 heavy (non-hydrogen) atoms. The van der Waals surface area contributed by atoms with Crippen LogP contribution in [0.2, 0.25) is 0 Å². The van der Waals surface area contributed by atoms with E-state index in [9.17, 15) is 25.2 Å². The molecule has 10 aliphatic rings. The van der Waals surface area contributed by atoms with E-state index in [0.717, 1.165) is 69.2 Å². The molecule has 2 aliphatic carbocycles. The fraction of sp³-hybridized carbons (Fsp3) is 0.375. The van der Waals surface area contributed by atoms with E-state index in [1.165, 1.54) is 100 Å². The van der Waals surface area contributed by atoms with E-state index in [2.05, 4.69) is 210 Å². The molecular weight excluding hydrogens is 1480 g/mol. The fourth-order valence-corrected chi connectivity index (χ4v) is 22.7. The highest BCUT2D eigenvalue weighted by molar-refractivity contribution is 8.02. The van der Waals surface area contributed by atoms with Crippen LogP contribution in [0.1, 0.15) is 161 Å². The largest absolute Gasteiger partial charge is 0.489 e. The number of carbonyl (C=O) groups is 2. The van der Waals surface area contributed by atoms with Gasteiger partial charge in [0.25, 0.3) is 0 Å². The van der Waals surface area contributed by atoms with Gasteiger partial charge in [-0.25, -0.2) is 9.59 Å². The minimum absolute atomic E-state index is 0.0101. The number of aliphatic carboxylic acids is 1. The number of rotatable bonds is 17. The van der Waals surface area contributed by atoms with Crippen molar-refractivity contribution < 1.29 is 53.0 Å². The number of piperazine rings is 2. The summed E-state index contributed by atoms with van der Waals surface area (Å²) in [6, 6.07) is 42.5.